The fourth-order valence-corrected chi connectivity index (χ4v) is 5.06. The maximum atomic E-state index is 13.1. The number of likely N-dealkylation sites (N-methyl/N-ethyl adjacent to an activating group) is 1. The van der Waals surface area contributed by atoms with Gasteiger partial charge in [-0.2, -0.15) is 0 Å². The normalized spacial score (nSPS) is 16.3. The largest absolute Gasteiger partial charge is 0.494 e. The van der Waals surface area contributed by atoms with Crippen LogP contribution in [0.25, 0.3) is 11.8 Å². The Kier molecular flexibility index (Phi) is 6.75. The molecule has 0 aliphatic carbocycles. The van der Waals surface area contributed by atoms with Gasteiger partial charge in [-0.25, -0.2) is 4.99 Å². The highest BCUT2D eigenvalue weighted by atomic mass is 32.2. The molecule has 1 amide bonds. The van der Waals surface area contributed by atoms with E-state index in [4.69, 9.17) is 9.73 Å². The lowest BCUT2D eigenvalue weighted by Crippen LogP contribution is -2.28. The van der Waals surface area contributed by atoms with Crippen molar-refractivity contribution in [2.45, 2.75) is 34.6 Å². The lowest BCUT2D eigenvalue weighted by atomic mass is 10.2. The Bertz CT molecular complexity index is 1240. The van der Waals surface area contributed by atoms with Crippen LogP contribution in [0.2, 0.25) is 0 Å². The monoisotopic (exact) mass is 459 g/mol. The molecule has 0 spiro atoms. The Morgan fingerprint density at radius 3 is 2.45 bits per heavy atom. The summed E-state index contributed by atoms with van der Waals surface area (Å²) in [5.41, 5.74) is 6.44. The smallest absolute Gasteiger partial charge is 0.266 e. The van der Waals surface area contributed by atoms with Gasteiger partial charge < -0.3 is 9.30 Å². The highest BCUT2D eigenvalue weighted by Gasteiger charge is 2.32. The van der Waals surface area contributed by atoms with Gasteiger partial charge in [-0.3, -0.25) is 9.69 Å². The third-order valence-electron chi connectivity index (χ3n) is 5.59. The van der Waals surface area contributed by atoms with Gasteiger partial charge in [0.25, 0.3) is 5.91 Å². The molecule has 2 aromatic carbocycles. The Labute approximate surface area is 199 Å². The molecule has 1 aromatic heterocycles. The number of nitrogens with zero attached hydrogens (tertiary/aromatic N) is 3. The lowest BCUT2D eigenvalue weighted by Gasteiger charge is -2.12. The SMILES string of the molecule is CCOc1ccc(N=C2SC(=Cc3cc(C)n(-c4cccc(C)c4)c3C)C(=O)N2CC)cc1. The molecule has 0 atom stereocenters. The Hall–Kier alpha value is -3.25. The van der Waals surface area contributed by atoms with Crippen molar-refractivity contribution < 1.29 is 9.53 Å². The zero-order valence-corrected chi connectivity index (χ0v) is 20.6. The second kappa shape index (κ2) is 9.71. The van der Waals surface area contributed by atoms with Crippen molar-refractivity contribution in [2.24, 2.45) is 4.99 Å². The molecule has 0 unspecified atom stereocenters. The number of thioether (sulfide) groups is 1. The van der Waals surface area contributed by atoms with Crippen LogP contribution in [-0.2, 0) is 4.79 Å². The van der Waals surface area contributed by atoms with Crippen LogP contribution >= 0.6 is 11.8 Å². The third-order valence-corrected chi connectivity index (χ3v) is 6.60. The van der Waals surface area contributed by atoms with Crippen LogP contribution in [0.4, 0.5) is 5.69 Å². The second-order valence-electron chi connectivity index (χ2n) is 7.98. The van der Waals surface area contributed by atoms with E-state index in [-0.39, 0.29) is 5.91 Å². The number of amides is 1. The highest BCUT2D eigenvalue weighted by Crippen LogP contribution is 2.35. The maximum absolute atomic E-state index is 13.1. The number of carbonyl (C=O) groups excluding carboxylic acids is 1. The van der Waals surface area contributed by atoms with Crippen molar-refractivity contribution in [2.75, 3.05) is 13.2 Å². The Balaban J connectivity index is 1.65. The summed E-state index contributed by atoms with van der Waals surface area (Å²) in [4.78, 5) is 20.3. The minimum Gasteiger partial charge on any atom is -0.494 e. The molecule has 0 N–H and O–H groups in total. The predicted octanol–water partition coefficient (Wildman–Crippen LogP) is 6.43. The minimum atomic E-state index is -0.00690. The molecular weight excluding hydrogens is 430 g/mol. The molecule has 3 aromatic rings. The van der Waals surface area contributed by atoms with E-state index in [1.54, 1.807) is 4.90 Å². The lowest BCUT2D eigenvalue weighted by molar-refractivity contribution is -0.122. The van der Waals surface area contributed by atoms with Gasteiger partial charge in [0, 0.05) is 23.6 Å². The number of rotatable bonds is 6. The molecule has 5 nitrogen and oxygen atoms in total. The van der Waals surface area contributed by atoms with Crippen molar-refractivity contribution in [1.82, 2.24) is 9.47 Å². The molecular formula is C27H29N3O2S. The molecule has 6 heteroatoms. The van der Waals surface area contributed by atoms with Crippen LogP contribution < -0.4 is 4.74 Å². The third kappa shape index (κ3) is 4.76. The van der Waals surface area contributed by atoms with Crippen LogP contribution in [0.3, 0.4) is 0 Å². The summed E-state index contributed by atoms with van der Waals surface area (Å²) in [5.74, 6) is 0.807. The summed E-state index contributed by atoms with van der Waals surface area (Å²) in [5, 5.41) is 0.699. The first-order chi connectivity index (χ1) is 15.9. The molecule has 0 radical (unpaired) electrons. The predicted molar refractivity (Wildman–Crippen MR) is 138 cm³/mol. The van der Waals surface area contributed by atoms with Crippen molar-refractivity contribution in [3.8, 4) is 11.4 Å². The molecule has 1 aliphatic heterocycles. The van der Waals surface area contributed by atoms with E-state index in [2.05, 4.69) is 55.7 Å². The number of aryl methyl sites for hydroxylation is 2. The average Bonchev–Trinajstić information content (AvgIpc) is 3.24. The molecule has 170 valence electrons. The van der Waals surface area contributed by atoms with Crippen molar-refractivity contribution in [3.05, 3.63) is 82.0 Å². The van der Waals surface area contributed by atoms with Gasteiger partial charge in [-0.05, 0) is 106 Å². The fraction of sp³-hybridized carbons (Fsp3) is 0.259. The van der Waals surface area contributed by atoms with Crippen LogP contribution in [0.1, 0.15) is 36.4 Å². The van der Waals surface area contributed by atoms with Crippen LogP contribution in [-0.4, -0.2) is 33.7 Å². The number of aliphatic imine (C=N–C) groups is 1. The first kappa shape index (κ1) is 22.9. The van der Waals surface area contributed by atoms with Gasteiger partial charge in [0.05, 0.1) is 17.2 Å². The topological polar surface area (TPSA) is 46.8 Å². The molecule has 4 rings (SSSR count). The number of benzene rings is 2. The van der Waals surface area contributed by atoms with Gasteiger partial charge in [-0.15, -0.1) is 0 Å². The van der Waals surface area contributed by atoms with E-state index in [0.717, 1.165) is 34.1 Å². The summed E-state index contributed by atoms with van der Waals surface area (Å²) in [6.07, 6.45) is 1.99. The maximum Gasteiger partial charge on any atom is 0.266 e. The molecule has 1 aliphatic rings. The number of hydrogen-bond acceptors (Lipinski definition) is 4. The number of aromatic nitrogens is 1. The first-order valence-electron chi connectivity index (χ1n) is 11.2. The molecule has 1 saturated heterocycles. The molecule has 1 fully saturated rings. The van der Waals surface area contributed by atoms with Crippen molar-refractivity contribution in [1.29, 1.82) is 0 Å². The summed E-state index contributed by atoms with van der Waals surface area (Å²) < 4.78 is 7.74. The average molecular weight is 460 g/mol. The number of ether oxygens (including phenoxy) is 1. The standard InChI is InChI=1S/C27H29N3O2S/c1-6-29-26(31)25(33-27(29)28-22-11-13-24(14-12-22)32-7-2)17-21-16-19(4)30(20(21)5)23-10-8-9-18(3)15-23/h8-17H,6-7H2,1-5H3. The van der Waals surface area contributed by atoms with Crippen molar-refractivity contribution in [3.63, 3.8) is 0 Å². The van der Waals surface area contributed by atoms with E-state index in [1.807, 2.05) is 44.2 Å². The zero-order valence-electron chi connectivity index (χ0n) is 19.8. The molecule has 33 heavy (non-hydrogen) atoms. The van der Waals surface area contributed by atoms with Gasteiger partial charge in [-0.1, -0.05) is 12.1 Å². The van der Waals surface area contributed by atoms with Gasteiger partial charge in [0.2, 0.25) is 0 Å². The summed E-state index contributed by atoms with van der Waals surface area (Å²) in [7, 11) is 0. The Morgan fingerprint density at radius 2 is 1.79 bits per heavy atom. The highest BCUT2D eigenvalue weighted by molar-refractivity contribution is 8.18. The van der Waals surface area contributed by atoms with E-state index in [1.165, 1.54) is 17.3 Å². The van der Waals surface area contributed by atoms with E-state index >= 15 is 0 Å². The van der Waals surface area contributed by atoms with Crippen molar-refractivity contribution >= 4 is 34.6 Å². The quantitative estimate of drug-likeness (QED) is 0.399. The van der Waals surface area contributed by atoms with Gasteiger partial charge in [0.15, 0.2) is 5.17 Å². The molecule has 2 heterocycles. The van der Waals surface area contributed by atoms with Gasteiger partial charge in [0.1, 0.15) is 5.75 Å². The summed E-state index contributed by atoms with van der Waals surface area (Å²) in [6.45, 7) is 11.4. The number of carbonyl (C=O) groups is 1. The van der Waals surface area contributed by atoms with E-state index < -0.39 is 0 Å². The second-order valence-corrected chi connectivity index (χ2v) is 8.99. The zero-order chi connectivity index (χ0) is 23.5. The van der Waals surface area contributed by atoms with Crippen LogP contribution in [0.15, 0.2) is 64.5 Å². The Morgan fingerprint density at radius 1 is 1.03 bits per heavy atom. The van der Waals surface area contributed by atoms with E-state index in [9.17, 15) is 4.79 Å². The first-order valence-corrected chi connectivity index (χ1v) is 12.0. The van der Waals surface area contributed by atoms with Crippen LogP contribution in [0.5, 0.6) is 5.75 Å². The number of hydrogen-bond donors (Lipinski definition) is 0. The summed E-state index contributed by atoms with van der Waals surface area (Å²) in [6, 6.07) is 18.2. The van der Waals surface area contributed by atoms with Crippen LogP contribution in [0, 0.1) is 20.8 Å². The summed E-state index contributed by atoms with van der Waals surface area (Å²) >= 11 is 1.42. The van der Waals surface area contributed by atoms with E-state index in [0.29, 0.717) is 23.2 Å². The van der Waals surface area contributed by atoms with Gasteiger partial charge >= 0.3 is 0 Å². The minimum absolute atomic E-state index is 0.00690. The molecule has 0 saturated carbocycles. The molecule has 0 bridgehead atoms. The fourth-order valence-electron chi connectivity index (χ4n) is 4.00. The number of amidine groups is 1.